The molecular weight excluding hydrogens is 258 g/mol. The third-order valence-corrected chi connectivity index (χ3v) is 2.09. The van der Waals surface area contributed by atoms with E-state index in [2.05, 4.69) is 6.92 Å². The fourth-order valence-electron chi connectivity index (χ4n) is 1.11. The van der Waals surface area contributed by atoms with Gasteiger partial charge in [0.2, 0.25) is 0 Å². The minimum Gasteiger partial charge on any atom is -0.481 e. The lowest BCUT2D eigenvalue weighted by Gasteiger charge is -2.18. The highest BCUT2D eigenvalue weighted by Crippen LogP contribution is 2.15. The summed E-state index contributed by atoms with van der Waals surface area (Å²) in [4.78, 5) is 30.5. The molecule has 0 aromatic carbocycles. The summed E-state index contributed by atoms with van der Waals surface area (Å²) < 4.78 is 0. The zero-order valence-electron chi connectivity index (χ0n) is 10.8. The fourth-order valence-corrected chi connectivity index (χ4v) is 1.11. The summed E-state index contributed by atoms with van der Waals surface area (Å²) in [7, 11) is 0. The number of carbonyl (C=O) groups is 3. The second-order valence-electron chi connectivity index (χ2n) is 3.97. The minimum absolute atomic E-state index is 0.855. The summed E-state index contributed by atoms with van der Waals surface area (Å²) in [5.74, 6) is -5.02. The second kappa shape index (κ2) is 10.3. The van der Waals surface area contributed by atoms with Gasteiger partial charge in [0.1, 0.15) is 0 Å². The molecule has 8 nitrogen and oxygen atoms in total. The van der Waals surface area contributed by atoms with Crippen LogP contribution in [0, 0.1) is 0 Å². The summed E-state index contributed by atoms with van der Waals surface area (Å²) in [6.07, 6.45) is 1.47. The topological polar surface area (TPSA) is 158 Å². The molecule has 0 aromatic rings. The number of rotatable bonds is 8. The Morgan fingerprint density at radius 3 is 1.58 bits per heavy atom. The molecule has 0 amide bonds. The van der Waals surface area contributed by atoms with Gasteiger partial charge in [-0.2, -0.15) is 0 Å². The Morgan fingerprint density at radius 2 is 1.42 bits per heavy atom. The van der Waals surface area contributed by atoms with Crippen LogP contribution in [0.3, 0.4) is 0 Å². The normalized spacial score (nSPS) is 10.3. The van der Waals surface area contributed by atoms with Crippen molar-refractivity contribution in [2.75, 3.05) is 6.54 Å². The molecule has 0 fully saturated rings. The maximum atomic E-state index is 10.3. The van der Waals surface area contributed by atoms with E-state index >= 15 is 0 Å². The molecule has 8 heteroatoms. The standard InChI is InChI=1S/C6H8O7.C5H13N/c7-3(8)1-6(13,5(11)12)2-4(9)10;1-2-3-4-5-6/h13H,1-2H2,(H,7,8)(H,9,10)(H,11,12);2-6H2,1H3. The van der Waals surface area contributed by atoms with Gasteiger partial charge in [-0.25, -0.2) is 4.79 Å². The van der Waals surface area contributed by atoms with Gasteiger partial charge in [0.25, 0.3) is 0 Å². The molecule has 0 heterocycles. The van der Waals surface area contributed by atoms with Gasteiger partial charge < -0.3 is 26.2 Å². The molecular formula is C11H21NO7. The van der Waals surface area contributed by atoms with Crippen LogP contribution in [0.15, 0.2) is 0 Å². The van der Waals surface area contributed by atoms with Crippen LogP contribution in [0.5, 0.6) is 0 Å². The molecule has 0 aromatic heterocycles. The van der Waals surface area contributed by atoms with E-state index in [0.29, 0.717) is 0 Å². The van der Waals surface area contributed by atoms with Crippen LogP contribution in [0.1, 0.15) is 39.0 Å². The molecule has 0 spiro atoms. The molecule has 0 unspecified atom stereocenters. The first kappa shape index (κ1) is 19.7. The van der Waals surface area contributed by atoms with Crippen molar-refractivity contribution in [1.82, 2.24) is 0 Å². The molecule has 0 aliphatic heterocycles. The predicted octanol–water partition coefficient (Wildman–Crippen LogP) is -0.113. The number of aliphatic carboxylic acids is 3. The third-order valence-electron chi connectivity index (χ3n) is 2.09. The number of hydrogen-bond donors (Lipinski definition) is 5. The lowest BCUT2D eigenvalue weighted by atomic mass is 9.96. The van der Waals surface area contributed by atoms with Crippen molar-refractivity contribution in [3.05, 3.63) is 0 Å². The second-order valence-corrected chi connectivity index (χ2v) is 3.97. The Bertz CT molecular complexity index is 283. The van der Waals surface area contributed by atoms with Gasteiger partial charge in [0.15, 0.2) is 5.60 Å². The first-order valence-electron chi connectivity index (χ1n) is 5.79. The molecule has 0 bridgehead atoms. The Morgan fingerprint density at radius 1 is 1.00 bits per heavy atom. The molecule has 0 rings (SSSR count). The Kier molecular flexibility index (Phi) is 10.6. The van der Waals surface area contributed by atoms with Crippen LogP contribution in [0.4, 0.5) is 0 Å². The molecule has 112 valence electrons. The van der Waals surface area contributed by atoms with Gasteiger partial charge >= 0.3 is 17.9 Å². The van der Waals surface area contributed by atoms with Gasteiger partial charge in [-0.3, -0.25) is 9.59 Å². The summed E-state index contributed by atoms with van der Waals surface area (Å²) in [6, 6.07) is 0. The van der Waals surface area contributed by atoms with Crippen LogP contribution in [0.25, 0.3) is 0 Å². The van der Waals surface area contributed by atoms with Crippen LogP contribution >= 0.6 is 0 Å². The van der Waals surface area contributed by atoms with Crippen molar-refractivity contribution in [2.45, 2.75) is 44.6 Å². The molecule has 0 aliphatic rings. The van der Waals surface area contributed by atoms with E-state index in [9.17, 15) is 14.4 Å². The summed E-state index contributed by atoms with van der Waals surface area (Å²) >= 11 is 0. The van der Waals surface area contributed by atoms with E-state index in [1.807, 2.05) is 0 Å². The van der Waals surface area contributed by atoms with Crippen molar-refractivity contribution < 1.29 is 34.8 Å². The van der Waals surface area contributed by atoms with Crippen LogP contribution in [0.2, 0.25) is 0 Å². The quantitative estimate of drug-likeness (QED) is 0.385. The first-order valence-corrected chi connectivity index (χ1v) is 5.79. The number of hydrogen-bond acceptors (Lipinski definition) is 5. The average molecular weight is 279 g/mol. The van der Waals surface area contributed by atoms with Crippen LogP contribution in [-0.2, 0) is 14.4 Å². The van der Waals surface area contributed by atoms with Crippen molar-refractivity contribution in [3.8, 4) is 0 Å². The van der Waals surface area contributed by atoms with Crippen LogP contribution < -0.4 is 5.73 Å². The SMILES string of the molecule is CCCCCN.O=C(O)CC(O)(CC(=O)O)C(=O)O. The van der Waals surface area contributed by atoms with Gasteiger partial charge in [0.05, 0.1) is 12.8 Å². The predicted molar refractivity (Wildman–Crippen MR) is 65.7 cm³/mol. The Hall–Kier alpha value is -1.67. The van der Waals surface area contributed by atoms with Crippen molar-refractivity contribution >= 4 is 17.9 Å². The molecule has 0 radical (unpaired) electrons. The molecule has 0 aliphatic carbocycles. The van der Waals surface area contributed by atoms with Crippen LogP contribution in [-0.4, -0.2) is 50.5 Å². The molecule has 0 saturated heterocycles. The van der Waals surface area contributed by atoms with E-state index in [0.717, 1.165) is 6.54 Å². The smallest absolute Gasteiger partial charge is 0.336 e. The third kappa shape index (κ3) is 11.2. The Labute approximate surface area is 110 Å². The number of carboxylic acid groups (broad SMARTS) is 3. The summed E-state index contributed by atoms with van der Waals surface area (Å²) in [5.41, 5.74) is 2.48. The van der Waals surface area contributed by atoms with Gasteiger partial charge in [-0.05, 0) is 13.0 Å². The van der Waals surface area contributed by atoms with Gasteiger partial charge in [0, 0.05) is 0 Å². The van der Waals surface area contributed by atoms with E-state index in [4.69, 9.17) is 26.2 Å². The lowest BCUT2D eigenvalue weighted by Crippen LogP contribution is -2.42. The van der Waals surface area contributed by atoms with Crippen molar-refractivity contribution in [1.29, 1.82) is 0 Å². The van der Waals surface area contributed by atoms with Crippen molar-refractivity contribution in [3.63, 3.8) is 0 Å². The molecule has 6 N–H and O–H groups in total. The maximum Gasteiger partial charge on any atom is 0.336 e. The first-order chi connectivity index (χ1) is 8.69. The number of carboxylic acids is 3. The van der Waals surface area contributed by atoms with Gasteiger partial charge in [-0.15, -0.1) is 0 Å². The highest BCUT2D eigenvalue weighted by molar-refractivity contribution is 5.88. The highest BCUT2D eigenvalue weighted by atomic mass is 16.4. The van der Waals surface area contributed by atoms with E-state index in [-0.39, 0.29) is 0 Å². The molecule has 0 saturated carbocycles. The molecule has 0 atom stereocenters. The van der Waals surface area contributed by atoms with Gasteiger partial charge in [-0.1, -0.05) is 19.8 Å². The highest BCUT2D eigenvalue weighted by Gasteiger charge is 2.40. The zero-order chi connectivity index (χ0) is 15.5. The number of nitrogens with two attached hydrogens (primary N) is 1. The van der Waals surface area contributed by atoms with Crippen molar-refractivity contribution in [2.24, 2.45) is 5.73 Å². The lowest BCUT2D eigenvalue weighted by molar-refractivity contribution is -0.170. The number of aliphatic hydroxyl groups is 1. The monoisotopic (exact) mass is 279 g/mol. The van der Waals surface area contributed by atoms with E-state index < -0.39 is 36.4 Å². The minimum atomic E-state index is -2.74. The molecule has 19 heavy (non-hydrogen) atoms. The summed E-state index contributed by atoms with van der Waals surface area (Å²) in [6.45, 7) is 3.03. The Balaban J connectivity index is 0. The largest absolute Gasteiger partial charge is 0.481 e. The number of unbranched alkanes of at least 4 members (excludes halogenated alkanes) is 2. The average Bonchev–Trinajstić information content (AvgIpc) is 2.24. The fraction of sp³-hybridized carbons (Fsp3) is 0.727. The summed E-state index contributed by atoms with van der Waals surface area (Å²) in [5, 5.41) is 33.8. The van der Waals surface area contributed by atoms with E-state index in [1.54, 1.807) is 0 Å². The zero-order valence-corrected chi connectivity index (χ0v) is 10.8. The van der Waals surface area contributed by atoms with E-state index in [1.165, 1.54) is 19.3 Å². The maximum absolute atomic E-state index is 10.3.